The van der Waals surface area contributed by atoms with E-state index < -0.39 is 8.80 Å². The molecule has 0 radical (unpaired) electrons. The Kier molecular flexibility index (Phi) is 17.5. The number of carbonyl (C=O) groups excluding carboxylic acids is 1. The van der Waals surface area contributed by atoms with Gasteiger partial charge in [-0.05, 0) is 27.2 Å². The molecule has 0 rings (SSSR count). The first-order valence-electron chi connectivity index (χ1n) is 9.47. The maximum atomic E-state index is 11.8. The van der Waals surface area contributed by atoms with Crippen molar-refractivity contribution in [2.45, 2.75) is 39.7 Å². The quantitative estimate of drug-likeness (QED) is 0.263. The summed E-state index contributed by atoms with van der Waals surface area (Å²) < 4.78 is 32.9. The Morgan fingerprint density at radius 2 is 1.38 bits per heavy atom. The summed E-state index contributed by atoms with van der Waals surface area (Å²) in [6, 6.07) is 0.693. The maximum absolute atomic E-state index is 11.8. The SMILES string of the molecule is CCO[Si](CCCNC(=O)CCOCCOCCOC)(OCC)OCC. The Labute approximate surface area is 159 Å². The molecule has 1 amide bonds. The van der Waals surface area contributed by atoms with Crippen LogP contribution in [-0.4, -0.2) is 81.2 Å². The third-order valence-corrected chi connectivity index (χ3v) is 6.50. The van der Waals surface area contributed by atoms with Crippen LogP contribution in [0.25, 0.3) is 0 Å². The molecule has 0 heterocycles. The summed E-state index contributed by atoms with van der Waals surface area (Å²) in [6.07, 6.45) is 1.09. The van der Waals surface area contributed by atoms with E-state index in [0.717, 1.165) is 6.42 Å². The molecule has 0 spiro atoms. The van der Waals surface area contributed by atoms with Crippen molar-refractivity contribution in [3.63, 3.8) is 0 Å². The van der Waals surface area contributed by atoms with Crippen molar-refractivity contribution in [1.29, 1.82) is 0 Å². The molecule has 9 heteroatoms. The highest BCUT2D eigenvalue weighted by Crippen LogP contribution is 2.17. The Hall–Kier alpha value is -0.553. The number of rotatable bonds is 19. The van der Waals surface area contributed by atoms with Crippen LogP contribution in [0.5, 0.6) is 0 Å². The van der Waals surface area contributed by atoms with E-state index in [1.165, 1.54) is 0 Å². The molecule has 0 fully saturated rings. The standard InChI is InChI=1S/C17H37NO7Si/c1-5-23-26(24-6-2,25-7-3)16-8-10-18-17(19)9-11-21-14-15-22-13-12-20-4/h5-16H2,1-4H3,(H,18,19). The highest BCUT2D eigenvalue weighted by molar-refractivity contribution is 6.60. The van der Waals surface area contributed by atoms with Gasteiger partial charge in [0.25, 0.3) is 0 Å². The van der Waals surface area contributed by atoms with Crippen molar-refractivity contribution in [2.75, 3.05) is 66.5 Å². The lowest BCUT2D eigenvalue weighted by atomic mass is 10.4. The van der Waals surface area contributed by atoms with Crippen LogP contribution in [0.3, 0.4) is 0 Å². The minimum absolute atomic E-state index is 0.0261. The van der Waals surface area contributed by atoms with Crippen LogP contribution in [0, 0.1) is 0 Å². The summed E-state index contributed by atoms with van der Waals surface area (Å²) in [5.74, 6) is -0.0261. The van der Waals surface area contributed by atoms with E-state index >= 15 is 0 Å². The second kappa shape index (κ2) is 17.8. The lowest BCUT2D eigenvalue weighted by molar-refractivity contribution is -0.122. The molecule has 8 nitrogen and oxygen atoms in total. The molecule has 1 N–H and O–H groups in total. The summed E-state index contributed by atoms with van der Waals surface area (Å²) in [7, 11) is -0.986. The van der Waals surface area contributed by atoms with Crippen molar-refractivity contribution >= 4 is 14.7 Å². The second-order valence-electron chi connectivity index (χ2n) is 5.40. The molecule has 26 heavy (non-hydrogen) atoms. The monoisotopic (exact) mass is 395 g/mol. The van der Waals surface area contributed by atoms with Gasteiger partial charge < -0.3 is 32.8 Å². The van der Waals surface area contributed by atoms with Gasteiger partial charge in [0.2, 0.25) is 5.91 Å². The minimum atomic E-state index is -2.62. The predicted octanol–water partition coefficient (Wildman–Crippen LogP) is 1.61. The summed E-state index contributed by atoms with van der Waals surface area (Å²) >= 11 is 0. The highest BCUT2D eigenvalue weighted by atomic mass is 28.4. The molecule has 0 aliphatic heterocycles. The third-order valence-electron chi connectivity index (χ3n) is 3.35. The van der Waals surface area contributed by atoms with Gasteiger partial charge in [-0.1, -0.05) is 0 Å². The smallest absolute Gasteiger partial charge is 0.382 e. The van der Waals surface area contributed by atoms with Gasteiger partial charge in [0.05, 0.1) is 33.0 Å². The van der Waals surface area contributed by atoms with Gasteiger partial charge in [0.15, 0.2) is 0 Å². The van der Waals surface area contributed by atoms with Crippen LogP contribution in [-0.2, 0) is 32.3 Å². The van der Waals surface area contributed by atoms with Crippen LogP contribution in [0.15, 0.2) is 0 Å². The fourth-order valence-electron chi connectivity index (χ4n) is 2.25. The molecule has 0 bridgehead atoms. The largest absolute Gasteiger partial charge is 0.500 e. The van der Waals surface area contributed by atoms with Crippen molar-refractivity contribution in [2.24, 2.45) is 0 Å². The number of carbonyl (C=O) groups is 1. The minimum Gasteiger partial charge on any atom is -0.382 e. The molecule has 0 aromatic rings. The second-order valence-corrected chi connectivity index (χ2v) is 8.14. The fourth-order valence-corrected chi connectivity index (χ4v) is 4.86. The molecule has 0 saturated carbocycles. The van der Waals surface area contributed by atoms with Gasteiger partial charge in [0.1, 0.15) is 0 Å². The van der Waals surface area contributed by atoms with Crippen molar-refractivity contribution in [3.8, 4) is 0 Å². The first-order chi connectivity index (χ1) is 12.6. The fraction of sp³-hybridized carbons (Fsp3) is 0.941. The van der Waals surface area contributed by atoms with Gasteiger partial charge in [-0.25, -0.2) is 0 Å². The number of ether oxygens (including phenoxy) is 3. The zero-order valence-electron chi connectivity index (χ0n) is 16.8. The van der Waals surface area contributed by atoms with Gasteiger partial charge in [-0.2, -0.15) is 0 Å². The van der Waals surface area contributed by atoms with Crippen molar-refractivity contribution < 1.29 is 32.3 Å². The van der Waals surface area contributed by atoms with Gasteiger partial charge in [-0.3, -0.25) is 4.79 Å². The van der Waals surface area contributed by atoms with Crippen LogP contribution in [0.2, 0.25) is 6.04 Å². The Morgan fingerprint density at radius 3 is 1.92 bits per heavy atom. The highest BCUT2D eigenvalue weighted by Gasteiger charge is 2.39. The molecule has 0 saturated heterocycles. The summed E-state index contributed by atoms with van der Waals surface area (Å²) in [4.78, 5) is 11.8. The summed E-state index contributed by atoms with van der Waals surface area (Å²) in [6.45, 7) is 10.5. The molecule has 0 aromatic carbocycles. The molecule has 0 aliphatic rings. The lowest BCUT2D eigenvalue weighted by Gasteiger charge is -2.28. The lowest BCUT2D eigenvalue weighted by Crippen LogP contribution is -2.46. The number of methoxy groups -OCH3 is 1. The van der Waals surface area contributed by atoms with Gasteiger partial charge in [-0.15, -0.1) is 0 Å². The first-order valence-corrected chi connectivity index (χ1v) is 11.4. The van der Waals surface area contributed by atoms with E-state index in [2.05, 4.69) is 5.32 Å². The van der Waals surface area contributed by atoms with Gasteiger partial charge in [0, 0.05) is 45.9 Å². The summed E-state index contributed by atoms with van der Waals surface area (Å²) in [5, 5.41) is 2.89. The van der Waals surface area contributed by atoms with Crippen LogP contribution < -0.4 is 5.32 Å². The van der Waals surface area contributed by atoms with Crippen LogP contribution in [0.4, 0.5) is 0 Å². The topological polar surface area (TPSA) is 84.5 Å². The molecular weight excluding hydrogens is 358 g/mol. The maximum Gasteiger partial charge on any atom is 0.500 e. The van der Waals surface area contributed by atoms with E-state index in [1.807, 2.05) is 20.8 Å². The third kappa shape index (κ3) is 13.6. The normalized spacial score (nSPS) is 11.7. The van der Waals surface area contributed by atoms with E-state index in [4.69, 9.17) is 27.5 Å². The number of nitrogens with one attached hydrogen (secondary N) is 1. The first kappa shape index (κ1) is 25.4. The average Bonchev–Trinajstić information content (AvgIpc) is 2.62. The van der Waals surface area contributed by atoms with Crippen molar-refractivity contribution in [1.82, 2.24) is 5.32 Å². The van der Waals surface area contributed by atoms with E-state index in [9.17, 15) is 4.79 Å². The zero-order valence-corrected chi connectivity index (χ0v) is 17.8. The predicted molar refractivity (Wildman–Crippen MR) is 101 cm³/mol. The van der Waals surface area contributed by atoms with Gasteiger partial charge >= 0.3 is 8.80 Å². The van der Waals surface area contributed by atoms with E-state index in [-0.39, 0.29) is 5.91 Å². The van der Waals surface area contributed by atoms with E-state index in [1.54, 1.807) is 7.11 Å². The number of amides is 1. The molecule has 0 unspecified atom stereocenters. The number of hydrogen-bond donors (Lipinski definition) is 1. The molecule has 156 valence electrons. The molecular formula is C17H37NO7Si. The molecule has 0 atom stereocenters. The Bertz CT molecular complexity index is 317. The Morgan fingerprint density at radius 1 is 0.846 bits per heavy atom. The number of hydrogen-bond acceptors (Lipinski definition) is 7. The molecule has 0 aliphatic carbocycles. The van der Waals surface area contributed by atoms with Crippen molar-refractivity contribution in [3.05, 3.63) is 0 Å². The average molecular weight is 396 g/mol. The Balaban J connectivity index is 3.78. The van der Waals surface area contributed by atoms with Crippen LogP contribution in [0.1, 0.15) is 33.6 Å². The van der Waals surface area contributed by atoms with E-state index in [0.29, 0.717) is 71.9 Å². The zero-order chi connectivity index (χ0) is 19.5. The van der Waals surface area contributed by atoms with Crippen LogP contribution >= 0.6 is 0 Å². The summed E-state index contributed by atoms with van der Waals surface area (Å²) in [5.41, 5.74) is 0. The molecule has 0 aromatic heterocycles.